The van der Waals surface area contributed by atoms with Gasteiger partial charge in [0, 0.05) is 38.1 Å². The third-order valence-electron chi connectivity index (χ3n) is 4.96. The minimum absolute atomic E-state index is 0.131. The molecule has 0 bridgehead atoms. The van der Waals surface area contributed by atoms with Crippen molar-refractivity contribution in [1.29, 1.82) is 0 Å². The average molecular weight is 316 g/mol. The monoisotopic (exact) mass is 316 g/mol. The molecule has 23 heavy (non-hydrogen) atoms. The summed E-state index contributed by atoms with van der Waals surface area (Å²) in [6.07, 6.45) is 8.48. The van der Waals surface area contributed by atoms with Crippen LogP contribution < -0.4 is 5.32 Å². The van der Waals surface area contributed by atoms with E-state index in [4.69, 9.17) is 0 Å². The number of hydrogen-bond acceptors (Lipinski definition) is 4. The molecule has 2 aliphatic heterocycles. The molecule has 5 heteroatoms. The first-order valence-electron chi connectivity index (χ1n) is 8.90. The van der Waals surface area contributed by atoms with Crippen LogP contribution in [0.25, 0.3) is 0 Å². The number of aryl methyl sites for hydroxylation is 1. The second-order valence-corrected chi connectivity index (χ2v) is 6.80. The average Bonchev–Trinajstić information content (AvgIpc) is 3.10. The predicted octanol–water partition coefficient (Wildman–Crippen LogP) is 1.68. The Morgan fingerprint density at radius 2 is 2.17 bits per heavy atom. The molecule has 3 rings (SSSR count). The maximum absolute atomic E-state index is 13.0. The number of piperidine rings is 1. The lowest BCUT2D eigenvalue weighted by atomic mass is 10.1. The van der Waals surface area contributed by atoms with E-state index in [-0.39, 0.29) is 5.91 Å². The number of nitrogens with one attached hydrogen (secondary N) is 1. The third-order valence-corrected chi connectivity index (χ3v) is 4.96. The van der Waals surface area contributed by atoms with E-state index in [0.717, 1.165) is 43.7 Å². The predicted molar refractivity (Wildman–Crippen MR) is 91.6 cm³/mol. The summed E-state index contributed by atoms with van der Waals surface area (Å²) in [5, 5.41) is 3.39. The van der Waals surface area contributed by atoms with Crippen molar-refractivity contribution in [2.24, 2.45) is 0 Å². The van der Waals surface area contributed by atoms with Gasteiger partial charge in [0.05, 0.1) is 5.56 Å². The van der Waals surface area contributed by atoms with Gasteiger partial charge in [-0.2, -0.15) is 0 Å². The van der Waals surface area contributed by atoms with Crippen molar-refractivity contribution >= 4 is 5.91 Å². The number of hydrogen-bond donors (Lipinski definition) is 1. The van der Waals surface area contributed by atoms with E-state index in [1.807, 2.05) is 13.0 Å². The van der Waals surface area contributed by atoms with E-state index >= 15 is 0 Å². The molecule has 0 radical (unpaired) electrons. The summed E-state index contributed by atoms with van der Waals surface area (Å²) in [5.74, 6) is 0.131. The van der Waals surface area contributed by atoms with Gasteiger partial charge in [0.15, 0.2) is 0 Å². The Balaban J connectivity index is 1.68. The van der Waals surface area contributed by atoms with Crippen LogP contribution in [0.5, 0.6) is 0 Å². The lowest BCUT2D eigenvalue weighted by molar-refractivity contribution is 0.0659. The van der Waals surface area contributed by atoms with Crippen molar-refractivity contribution in [3.63, 3.8) is 0 Å². The molecular formula is C18H28N4O. The lowest BCUT2D eigenvalue weighted by Crippen LogP contribution is -2.46. The number of likely N-dealkylation sites (tertiary alicyclic amines) is 1. The van der Waals surface area contributed by atoms with Crippen LogP contribution in [0.1, 0.15) is 41.6 Å². The Kier molecular flexibility index (Phi) is 5.62. The molecule has 5 nitrogen and oxygen atoms in total. The van der Waals surface area contributed by atoms with E-state index in [1.165, 1.54) is 32.4 Å². The van der Waals surface area contributed by atoms with E-state index < -0.39 is 0 Å². The third kappa shape index (κ3) is 4.30. The fraction of sp³-hybridized carbons (Fsp3) is 0.667. The van der Waals surface area contributed by atoms with Gasteiger partial charge in [0.25, 0.3) is 5.91 Å². The molecule has 3 heterocycles. The van der Waals surface area contributed by atoms with Crippen LogP contribution in [-0.4, -0.2) is 66.0 Å². The Labute approximate surface area is 139 Å². The molecule has 1 amide bonds. The quantitative estimate of drug-likeness (QED) is 0.898. The van der Waals surface area contributed by atoms with Crippen LogP contribution in [0.2, 0.25) is 0 Å². The molecule has 2 aliphatic rings. The summed E-state index contributed by atoms with van der Waals surface area (Å²) in [5.41, 5.74) is 1.76. The van der Waals surface area contributed by atoms with Gasteiger partial charge in [-0.05, 0) is 57.5 Å². The normalized spacial score (nSPS) is 22.2. The summed E-state index contributed by atoms with van der Waals surface area (Å²) >= 11 is 0. The Bertz CT molecular complexity index is 522. The van der Waals surface area contributed by atoms with Gasteiger partial charge in [0.1, 0.15) is 0 Å². The summed E-state index contributed by atoms with van der Waals surface area (Å²) < 4.78 is 0. The highest BCUT2D eigenvalue weighted by atomic mass is 16.2. The van der Waals surface area contributed by atoms with Crippen LogP contribution in [0.4, 0.5) is 0 Å². The molecule has 0 aliphatic carbocycles. The molecule has 1 unspecified atom stereocenters. The maximum atomic E-state index is 13.0. The van der Waals surface area contributed by atoms with Crippen molar-refractivity contribution in [1.82, 2.24) is 20.1 Å². The molecule has 1 aromatic heterocycles. The number of carbonyl (C=O) groups excluding carboxylic acids is 1. The van der Waals surface area contributed by atoms with E-state index in [0.29, 0.717) is 6.04 Å². The lowest BCUT2D eigenvalue weighted by Gasteiger charge is -2.33. The zero-order valence-corrected chi connectivity index (χ0v) is 14.1. The number of pyridine rings is 1. The minimum Gasteiger partial charge on any atom is -0.333 e. The molecule has 0 saturated carbocycles. The van der Waals surface area contributed by atoms with Crippen LogP contribution in [-0.2, 0) is 0 Å². The van der Waals surface area contributed by atoms with Crippen molar-refractivity contribution in [2.75, 3.05) is 39.3 Å². The van der Waals surface area contributed by atoms with Gasteiger partial charge in [-0.1, -0.05) is 6.42 Å². The molecule has 1 atom stereocenters. The molecule has 1 N–H and O–H groups in total. The second kappa shape index (κ2) is 7.88. The summed E-state index contributed by atoms with van der Waals surface area (Å²) in [7, 11) is 0. The standard InChI is InChI=1S/C18H28N4O/c1-15-11-16(13-20-12-15)18(23)22(17-5-6-19-14-17)10-9-21-7-3-2-4-8-21/h11-13,17,19H,2-10,14H2,1H3. The fourth-order valence-electron chi connectivity index (χ4n) is 3.63. The van der Waals surface area contributed by atoms with E-state index in [2.05, 4.69) is 20.1 Å². The first kappa shape index (κ1) is 16.4. The highest BCUT2D eigenvalue weighted by molar-refractivity contribution is 5.94. The topological polar surface area (TPSA) is 48.5 Å². The molecular weight excluding hydrogens is 288 g/mol. The molecule has 126 valence electrons. The fourth-order valence-corrected chi connectivity index (χ4v) is 3.63. The van der Waals surface area contributed by atoms with Crippen LogP contribution in [0.3, 0.4) is 0 Å². The Hall–Kier alpha value is -1.46. The van der Waals surface area contributed by atoms with Crippen LogP contribution in [0.15, 0.2) is 18.5 Å². The van der Waals surface area contributed by atoms with Crippen molar-refractivity contribution < 1.29 is 4.79 Å². The highest BCUT2D eigenvalue weighted by Crippen LogP contribution is 2.15. The Morgan fingerprint density at radius 1 is 1.35 bits per heavy atom. The van der Waals surface area contributed by atoms with Gasteiger partial charge in [-0.15, -0.1) is 0 Å². The zero-order chi connectivity index (χ0) is 16.1. The SMILES string of the molecule is Cc1cncc(C(=O)N(CCN2CCCCC2)C2CCNC2)c1. The van der Waals surface area contributed by atoms with Crippen molar-refractivity contribution in [2.45, 2.75) is 38.6 Å². The first-order valence-corrected chi connectivity index (χ1v) is 8.90. The number of aromatic nitrogens is 1. The van der Waals surface area contributed by atoms with Crippen LogP contribution in [0, 0.1) is 6.92 Å². The summed E-state index contributed by atoms with van der Waals surface area (Å²) in [4.78, 5) is 21.8. The molecule has 1 aromatic rings. The summed E-state index contributed by atoms with van der Waals surface area (Å²) in [6.45, 7) is 8.06. The Morgan fingerprint density at radius 3 is 2.87 bits per heavy atom. The molecule has 2 saturated heterocycles. The number of rotatable bonds is 5. The zero-order valence-electron chi connectivity index (χ0n) is 14.1. The highest BCUT2D eigenvalue weighted by Gasteiger charge is 2.28. The minimum atomic E-state index is 0.131. The summed E-state index contributed by atoms with van der Waals surface area (Å²) in [6, 6.07) is 2.26. The van der Waals surface area contributed by atoms with Gasteiger partial charge in [-0.25, -0.2) is 0 Å². The van der Waals surface area contributed by atoms with Crippen LogP contribution >= 0.6 is 0 Å². The molecule has 0 aromatic carbocycles. The largest absolute Gasteiger partial charge is 0.333 e. The first-order chi connectivity index (χ1) is 11.2. The van der Waals surface area contributed by atoms with Gasteiger partial charge >= 0.3 is 0 Å². The van der Waals surface area contributed by atoms with Gasteiger partial charge in [-0.3, -0.25) is 9.78 Å². The molecule has 2 fully saturated rings. The van der Waals surface area contributed by atoms with Gasteiger partial charge in [0.2, 0.25) is 0 Å². The van der Waals surface area contributed by atoms with E-state index in [1.54, 1.807) is 12.4 Å². The smallest absolute Gasteiger partial charge is 0.255 e. The van der Waals surface area contributed by atoms with Crippen molar-refractivity contribution in [3.05, 3.63) is 29.6 Å². The number of nitrogens with zero attached hydrogens (tertiary/aromatic N) is 3. The number of amides is 1. The maximum Gasteiger partial charge on any atom is 0.255 e. The van der Waals surface area contributed by atoms with Gasteiger partial charge < -0.3 is 15.1 Å². The second-order valence-electron chi connectivity index (χ2n) is 6.80. The number of carbonyl (C=O) groups is 1. The van der Waals surface area contributed by atoms with Crippen molar-refractivity contribution in [3.8, 4) is 0 Å². The molecule has 0 spiro atoms. The van der Waals surface area contributed by atoms with E-state index in [9.17, 15) is 4.79 Å².